The van der Waals surface area contributed by atoms with Crippen molar-refractivity contribution < 1.29 is 14.3 Å². The molecule has 0 aliphatic heterocycles. The molecular weight excluding hydrogens is 364 g/mol. The first kappa shape index (κ1) is 22.5. The molecule has 0 aliphatic carbocycles. The van der Waals surface area contributed by atoms with Gasteiger partial charge in [-0.15, -0.1) is 0 Å². The van der Waals surface area contributed by atoms with E-state index in [4.69, 9.17) is 4.74 Å². The summed E-state index contributed by atoms with van der Waals surface area (Å²) in [5, 5.41) is 2.93. The van der Waals surface area contributed by atoms with Crippen LogP contribution in [-0.4, -0.2) is 35.4 Å². The van der Waals surface area contributed by atoms with Gasteiger partial charge in [0.15, 0.2) is 6.61 Å². The van der Waals surface area contributed by atoms with Crippen molar-refractivity contribution in [3.05, 3.63) is 65.2 Å². The summed E-state index contributed by atoms with van der Waals surface area (Å²) in [4.78, 5) is 27.5. The van der Waals surface area contributed by atoms with E-state index >= 15 is 0 Å². The Hall–Kier alpha value is -2.82. The summed E-state index contributed by atoms with van der Waals surface area (Å²) >= 11 is 0. The van der Waals surface area contributed by atoms with Crippen molar-refractivity contribution in [3.8, 4) is 5.75 Å². The zero-order chi connectivity index (χ0) is 21.4. The molecule has 0 aliphatic rings. The first-order valence-electron chi connectivity index (χ1n) is 10.2. The monoisotopic (exact) mass is 396 g/mol. The molecule has 0 fully saturated rings. The zero-order valence-electron chi connectivity index (χ0n) is 18.1. The minimum Gasteiger partial charge on any atom is -0.483 e. The van der Waals surface area contributed by atoms with Crippen LogP contribution in [0, 0.1) is 13.8 Å². The van der Waals surface area contributed by atoms with Crippen LogP contribution in [-0.2, 0) is 16.1 Å². The van der Waals surface area contributed by atoms with E-state index in [1.807, 2.05) is 83.1 Å². The van der Waals surface area contributed by atoms with Gasteiger partial charge in [-0.25, -0.2) is 0 Å². The van der Waals surface area contributed by atoms with Crippen LogP contribution in [0.2, 0.25) is 0 Å². The highest BCUT2D eigenvalue weighted by Crippen LogP contribution is 2.20. The highest BCUT2D eigenvalue weighted by atomic mass is 16.5. The maximum absolute atomic E-state index is 13.1. The van der Waals surface area contributed by atoms with Crippen molar-refractivity contribution >= 4 is 11.8 Å². The highest BCUT2D eigenvalue weighted by Gasteiger charge is 2.29. The topological polar surface area (TPSA) is 58.6 Å². The van der Waals surface area contributed by atoms with Crippen LogP contribution in [0.15, 0.2) is 48.5 Å². The second kappa shape index (κ2) is 10.6. The Kier molecular flexibility index (Phi) is 8.25. The summed E-state index contributed by atoms with van der Waals surface area (Å²) in [5.74, 6) is 0.344. The zero-order valence-corrected chi connectivity index (χ0v) is 18.1. The number of amides is 2. The molecule has 1 atom stereocenters. The fraction of sp³-hybridized carbons (Fsp3) is 0.417. The van der Waals surface area contributed by atoms with E-state index in [0.29, 0.717) is 18.7 Å². The predicted octanol–water partition coefficient (Wildman–Crippen LogP) is 4.01. The Labute approximate surface area is 174 Å². The smallest absolute Gasteiger partial charge is 0.261 e. The summed E-state index contributed by atoms with van der Waals surface area (Å²) in [7, 11) is 0. The lowest BCUT2D eigenvalue weighted by Crippen LogP contribution is -2.51. The minimum atomic E-state index is -0.549. The molecule has 156 valence electrons. The Morgan fingerprint density at radius 2 is 1.76 bits per heavy atom. The number of hydrogen-bond donors (Lipinski definition) is 1. The molecule has 0 heterocycles. The Morgan fingerprint density at radius 3 is 2.38 bits per heavy atom. The van der Waals surface area contributed by atoms with E-state index in [1.54, 1.807) is 4.90 Å². The molecule has 2 amide bonds. The molecule has 29 heavy (non-hydrogen) atoms. The lowest BCUT2D eigenvalue weighted by atomic mass is 10.1. The Bertz CT molecular complexity index is 818. The fourth-order valence-electron chi connectivity index (χ4n) is 3.17. The summed E-state index contributed by atoms with van der Waals surface area (Å²) in [6, 6.07) is 15.1. The molecule has 1 N–H and O–H groups in total. The molecular formula is C24H32N2O3. The highest BCUT2D eigenvalue weighted by molar-refractivity contribution is 5.88. The summed E-state index contributed by atoms with van der Waals surface area (Å²) in [5.41, 5.74) is 3.02. The molecule has 0 saturated heterocycles. The molecule has 2 aromatic rings. The molecule has 0 unspecified atom stereocenters. The van der Waals surface area contributed by atoms with Crippen molar-refractivity contribution in [1.29, 1.82) is 0 Å². The van der Waals surface area contributed by atoms with E-state index in [-0.39, 0.29) is 24.5 Å². The van der Waals surface area contributed by atoms with Gasteiger partial charge in [-0.3, -0.25) is 9.59 Å². The SMILES string of the molecule is CC[C@@H](C(=O)NC(C)C)N(Cc1ccccc1)C(=O)COc1cc(C)ccc1C. The third kappa shape index (κ3) is 6.63. The van der Waals surface area contributed by atoms with Gasteiger partial charge in [0, 0.05) is 12.6 Å². The molecule has 0 saturated carbocycles. The molecule has 5 nitrogen and oxygen atoms in total. The van der Waals surface area contributed by atoms with Gasteiger partial charge in [0.25, 0.3) is 5.91 Å². The van der Waals surface area contributed by atoms with Crippen molar-refractivity contribution in [3.63, 3.8) is 0 Å². The molecule has 2 rings (SSSR count). The van der Waals surface area contributed by atoms with Crippen LogP contribution < -0.4 is 10.1 Å². The van der Waals surface area contributed by atoms with Gasteiger partial charge in [0.1, 0.15) is 11.8 Å². The molecule has 2 aromatic carbocycles. The van der Waals surface area contributed by atoms with Crippen molar-refractivity contribution in [1.82, 2.24) is 10.2 Å². The van der Waals surface area contributed by atoms with Crippen LogP contribution in [0.3, 0.4) is 0 Å². The second-order valence-corrected chi connectivity index (χ2v) is 7.65. The number of hydrogen-bond acceptors (Lipinski definition) is 3. The number of aryl methyl sites for hydroxylation is 2. The molecule has 0 bridgehead atoms. The van der Waals surface area contributed by atoms with Crippen molar-refractivity contribution in [2.75, 3.05) is 6.61 Å². The summed E-state index contributed by atoms with van der Waals surface area (Å²) in [6.07, 6.45) is 0.528. The number of carbonyl (C=O) groups is 2. The Balaban J connectivity index is 2.21. The second-order valence-electron chi connectivity index (χ2n) is 7.65. The third-order valence-corrected chi connectivity index (χ3v) is 4.71. The molecule has 0 spiro atoms. The van der Waals surface area contributed by atoms with Gasteiger partial charge >= 0.3 is 0 Å². The third-order valence-electron chi connectivity index (χ3n) is 4.71. The lowest BCUT2D eigenvalue weighted by molar-refractivity contribution is -0.143. The molecule has 5 heteroatoms. The standard InChI is InChI=1S/C24H32N2O3/c1-6-21(24(28)25-17(2)3)26(15-20-10-8-7-9-11-20)23(27)16-29-22-14-18(4)12-13-19(22)5/h7-14,17,21H,6,15-16H2,1-5H3,(H,25,28)/t21-/m0/s1. The van der Waals surface area contributed by atoms with E-state index in [2.05, 4.69) is 5.32 Å². The van der Waals surface area contributed by atoms with Gasteiger partial charge in [-0.2, -0.15) is 0 Å². The molecule has 0 aromatic heterocycles. The first-order chi connectivity index (χ1) is 13.8. The normalized spacial score (nSPS) is 11.8. The largest absolute Gasteiger partial charge is 0.483 e. The maximum Gasteiger partial charge on any atom is 0.261 e. The van der Waals surface area contributed by atoms with Crippen LogP contribution in [0.1, 0.15) is 43.9 Å². The van der Waals surface area contributed by atoms with E-state index < -0.39 is 6.04 Å². The van der Waals surface area contributed by atoms with Crippen molar-refractivity contribution in [2.45, 2.75) is 59.7 Å². The number of carbonyl (C=O) groups excluding carboxylic acids is 2. The lowest BCUT2D eigenvalue weighted by Gasteiger charge is -2.31. The van der Waals surface area contributed by atoms with Gasteiger partial charge in [0.2, 0.25) is 5.91 Å². The van der Waals surface area contributed by atoms with Crippen LogP contribution in [0.5, 0.6) is 5.75 Å². The number of nitrogens with zero attached hydrogens (tertiary/aromatic N) is 1. The van der Waals surface area contributed by atoms with Gasteiger partial charge in [0.05, 0.1) is 0 Å². The van der Waals surface area contributed by atoms with E-state index in [9.17, 15) is 9.59 Å². The van der Waals surface area contributed by atoms with Crippen LogP contribution in [0.25, 0.3) is 0 Å². The van der Waals surface area contributed by atoms with E-state index in [0.717, 1.165) is 16.7 Å². The number of ether oxygens (including phenoxy) is 1. The van der Waals surface area contributed by atoms with Crippen molar-refractivity contribution in [2.24, 2.45) is 0 Å². The van der Waals surface area contributed by atoms with E-state index in [1.165, 1.54) is 0 Å². The average molecular weight is 397 g/mol. The van der Waals surface area contributed by atoms with Gasteiger partial charge in [-0.1, -0.05) is 49.4 Å². The van der Waals surface area contributed by atoms with Crippen LogP contribution in [0.4, 0.5) is 0 Å². The average Bonchev–Trinajstić information content (AvgIpc) is 2.68. The molecule has 0 radical (unpaired) electrons. The van der Waals surface area contributed by atoms with Gasteiger partial charge < -0.3 is 15.0 Å². The maximum atomic E-state index is 13.1. The van der Waals surface area contributed by atoms with Crippen LogP contribution >= 0.6 is 0 Å². The minimum absolute atomic E-state index is 0.0106. The number of nitrogens with one attached hydrogen (secondary N) is 1. The summed E-state index contributed by atoms with van der Waals surface area (Å²) < 4.78 is 5.83. The first-order valence-corrected chi connectivity index (χ1v) is 10.2. The predicted molar refractivity (Wildman–Crippen MR) is 116 cm³/mol. The Morgan fingerprint density at radius 1 is 1.07 bits per heavy atom. The number of rotatable bonds is 9. The fourth-order valence-corrected chi connectivity index (χ4v) is 3.17. The number of benzene rings is 2. The quantitative estimate of drug-likeness (QED) is 0.697. The summed E-state index contributed by atoms with van der Waals surface area (Å²) in [6.45, 7) is 9.93. The van der Waals surface area contributed by atoms with Gasteiger partial charge in [-0.05, 0) is 56.9 Å².